The average molecular weight is 277 g/mol. The van der Waals surface area contributed by atoms with Crippen molar-refractivity contribution < 1.29 is 4.74 Å². The van der Waals surface area contributed by atoms with E-state index < -0.39 is 0 Å². The molecule has 1 saturated heterocycles. The van der Waals surface area contributed by atoms with Crippen molar-refractivity contribution in [3.8, 4) is 5.75 Å². The van der Waals surface area contributed by atoms with Crippen LogP contribution in [0.5, 0.6) is 5.75 Å². The fourth-order valence-electron chi connectivity index (χ4n) is 2.89. The summed E-state index contributed by atoms with van der Waals surface area (Å²) in [7, 11) is 1.71. The number of nitrogens with one attached hydrogen (secondary N) is 1. The minimum absolute atomic E-state index is 0.620. The van der Waals surface area contributed by atoms with Gasteiger partial charge in [0.25, 0.3) is 0 Å². The Balaban J connectivity index is 2.02. The van der Waals surface area contributed by atoms with E-state index >= 15 is 0 Å². The third-order valence-electron chi connectivity index (χ3n) is 3.80. The molecule has 1 unspecified atom stereocenters. The van der Waals surface area contributed by atoms with E-state index in [4.69, 9.17) is 4.74 Å². The first-order valence-corrected chi connectivity index (χ1v) is 7.68. The summed E-state index contributed by atoms with van der Waals surface area (Å²) in [5.41, 5.74) is 2.14. The summed E-state index contributed by atoms with van der Waals surface area (Å²) >= 11 is 0. The number of hydrogen-bond acceptors (Lipinski definition) is 4. The molecule has 0 radical (unpaired) electrons. The Bertz CT molecular complexity index is 422. The van der Waals surface area contributed by atoms with Crippen LogP contribution in [0.25, 0.3) is 0 Å². The van der Waals surface area contributed by atoms with Crippen LogP contribution < -0.4 is 10.1 Å². The van der Waals surface area contributed by atoms with Gasteiger partial charge in [-0.2, -0.15) is 0 Å². The largest absolute Gasteiger partial charge is 0.497 e. The first kappa shape index (κ1) is 15.3. The molecule has 1 N–H and O–H groups in total. The van der Waals surface area contributed by atoms with Gasteiger partial charge in [-0.3, -0.25) is 9.88 Å². The van der Waals surface area contributed by atoms with E-state index in [0.717, 1.165) is 43.3 Å². The van der Waals surface area contributed by atoms with Gasteiger partial charge in [-0.25, -0.2) is 0 Å². The quantitative estimate of drug-likeness (QED) is 0.896. The topological polar surface area (TPSA) is 37.4 Å². The molecule has 0 aliphatic carbocycles. The van der Waals surface area contributed by atoms with Crippen molar-refractivity contribution in [1.29, 1.82) is 0 Å². The van der Waals surface area contributed by atoms with Crippen LogP contribution >= 0.6 is 0 Å². The van der Waals surface area contributed by atoms with Gasteiger partial charge in [0.15, 0.2) is 0 Å². The van der Waals surface area contributed by atoms with Crippen molar-refractivity contribution in [1.82, 2.24) is 15.2 Å². The molecule has 1 aromatic heterocycles. The second-order valence-electron chi connectivity index (χ2n) is 5.67. The Hall–Kier alpha value is -1.13. The zero-order valence-corrected chi connectivity index (χ0v) is 13.0. The first-order valence-electron chi connectivity index (χ1n) is 7.68. The van der Waals surface area contributed by atoms with E-state index in [1.807, 2.05) is 13.0 Å². The second-order valence-corrected chi connectivity index (χ2v) is 5.67. The van der Waals surface area contributed by atoms with E-state index in [1.54, 1.807) is 7.11 Å². The SMILES string of the molecule is CCCC1CN(Cc2cc(OC)cc(C)n2)CCCN1. The molecule has 4 heteroatoms. The Morgan fingerprint density at radius 1 is 1.45 bits per heavy atom. The highest BCUT2D eigenvalue weighted by Gasteiger charge is 2.17. The Morgan fingerprint density at radius 2 is 2.30 bits per heavy atom. The lowest BCUT2D eigenvalue weighted by Crippen LogP contribution is -2.37. The van der Waals surface area contributed by atoms with Gasteiger partial charge in [0.05, 0.1) is 12.8 Å². The van der Waals surface area contributed by atoms with Crippen LogP contribution in [0.3, 0.4) is 0 Å². The molecule has 2 rings (SSSR count). The van der Waals surface area contributed by atoms with Gasteiger partial charge in [-0.15, -0.1) is 0 Å². The van der Waals surface area contributed by atoms with E-state index in [1.165, 1.54) is 19.3 Å². The first-order chi connectivity index (χ1) is 9.71. The molecule has 0 amide bonds. The van der Waals surface area contributed by atoms with Crippen LogP contribution in [-0.2, 0) is 6.54 Å². The van der Waals surface area contributed by atoms with Crippen LogP contribution in [0.1, 0.15) is 37.6 Å². The number of hydrogen-bond donors (Lipinski definition) is 1. The van der Waals surface area contributed by atoms with Gasteiger partial charge in [-0.1, -0.05) is 13.3 Å². The van der Waals surface area contributed by atoms with Gasteiger partial charge in [0, 0.05) is 37.0 Å². The highest BCUT2D eigenvalue weighted by Crippen LogP contribution is 2.16. The molecule has 1 fully saturated rings. The molecule has 1 aliphatic heterocycles. The van der Waals surface area contributed by atoms with Crippen LogP contribution in [0.4, 0.5) is 0 Å². The average Bonchev–Trinajstić information content (AvgIpc) is 2.64. The van der Waals surface area contributed by atoms with Gasteiger partial charge in [0.1, 0.15) is 5.75 Å². The van der Waals surface area contributed by atoms with Crippen molar-refractivity contribution in [3.05, 3.63) is 23.5 Å². The molecule has 0 saturated carbocycles. The summed E-state index contributed by atoms with van der Waals surface area (Å²) in [6.07, 6.45) is 3.70. The van der Waals surface area contributed by atoms with E-state index in [2.05, 4.69) is 28.2 Å². The van der Waals surface area contributed by atoms with E-state index in [-0.39, 0.29) is 0 Å². The molecule has 0 bridgehead atoms. The molecule has 1 aromatic rings. The zero-order chi connectivity index (χ0) is 14.4. The number of methoxy groups -OCH3 is 1. The smallest absolute Gasteiger partial charge is 0.122 e. The summed E-state index contributed by atoms with van der Waals surface area (Å²) in [4.78, 5) is 7.15. The molecule has 0 aromatic carbocycles. The number of ether oxygens (including phenoxy) is 1. The lowest BCUT2D eigenvalue weighted by Gasteiger charge is -2.24. The molecule has 4 nitrogen and oxygen atoms in total. The fraction of sp³-hybridized carbons (Fsp3) is 0.688. The number of nitrogens with zero attached hydrogens (tertiary/aromatic N) is 2. The van der Waals surface area contributed by atoms with Crippen LogP contribution in [0, 0.1) is 6.92 Å². The molecule has 1 atom stereocenters. The minimum atomic E-state index is 0.620. The number of pyridine rings is 1. The second kappa shape index (κ2) is 7.60. The van der Waals surface area contributed by atoms with Crippen LogP contribution in [0.2, 0.25) is 0 Å². The fourth-order valence-corrected chi connectivity index (χ4v) is 2.89. The Labute approximate surface area is 122 Å². The zero-order valence-electron chi connectivity index (χ0n) is 13.0. The highest BCUT2D eigenvalue weighted by atomic mass is 16.5. The molecular formula is C16H27N3O. The van der Waals surface area contributed by atoms with Crippen molar-refractivity contribution in [2.45, 2.75) is 45.7 Å². The predicted molar refractivity (Wildman–Crippen MR) is 82.1 cm³/mol. The number of aryl methyl sites for hydroxylation is 1. The van der Waals surface area contributed by atoms with E-state index in [9.17, 15) is 0 Å². The maximum Gasteiger partial charge on any atom is 0.122 e. The van der Waals surface area contributed by atoms with Gasteiger partial charge < -0.3 is 10.1 Å². The summed E-state index contributed by atoms with van der Waals surface area (Å²) in [6.45, 7) is 8.59. The van der Waals surface area contributed by atoms with Crippen molar-refractivity contribution >= 4 is 0 Å². The number of rotatable bonds is 5. The third-order valence-corrected chi connectivity index (χ3v) is 3.80. The summed E-state index contributed by atoms with van der Waals surface area (Å²) in [5.74, 6) is 0.908. The monoisotopic (exact) mass is 277 g/mol. The van der Waals surface area contributed by atoms with Crippen LogP contribution in [0.15, 0.2) is 12.1 Å². The van der Waals surface area contributed by atoms with Crippen molar-refractivity contribution in [2.75, 3.05) is 26.7 Å². The third kappa shape index (κ3) is 4.46. The number of aromatic nitrogens is 1. The normalized spacial score (nSPS) is 20.6. The molecular weight excluding hydrogens is 250 g/mol. The van der Waals surface area contributed by atoms with Gasteiger partial charge >= 0.3 is 0 Å². The maximum absolute atomic E-state index is 5.34. The molecule has 0 spiro atoms. The van der Waals surface area contributed by atoms with Gasteiger partial charge in [0.2, 0.25) is 0 Å². The standard InChI is InChI=1S/C16H27N3O/c1-4-6-14-11-19(8-5-7-17-14)12-15-10-16(20-3)9-13(2)18-15/h9-10,14,17H,4-8,11-12H2,1-3H3. The predicted octanol–water partition coefficient (Wildman–Crippen LogP) is 2.36. The van der Waals surface area contributed by atoms with Crippen molar-refractivity contribution in [3.63, 3.8) is 0 Å². The summed E-state index contributed by atoms with van der Waals surface area (Å²) in [6, 6.07) is 4.65. The van der Waals surface area contributed by atoms with E-state index in [0.29, 0.717) is 6.04 Å². The molecule has 20 heavy (non-hydrogen) atoms. The summed E-state index contributed by atoms with van der Waals surface area (Å²) < 4.78 is 5.34. The molecule has 2 heterocycles. The minimum Gasteiger partial charge on any atom is -0.497 e. The summed E-state index contributed by atoms with van der Waals surface area (Å²) in [5, 5.41) is 3.65. The lowest BCUT2D eigenvalue weighted by atomic mass is 10.1. The maximum atomic E-state index is 5.34. The Kier molecular flexibility index (Phi) is 5.80. The van der Waals surface area contributed by atoms with Crippen molar-refractivity contribution in [2.24, 2.45) is 0 Å². The Morgan fingerprint density at radius 3 is 3.05 bits per heavy atom. The molecule has 1 aliphatic rings. The van der Waals surface area contributed by atoms with Gasteiger partial charge in [-0.05, 0) is 32.9 Å². The molecule has 112 valence electrons. The van der Waals surface area contributed by atoms with Crippen LogP contribution in [-0.4, -0.2) is 42.7 Å². The lowest BCUT2D eigenvalue weighted by molar-refractivity contribution is 0.251. The highest BCUT2D eigenvalue weighted by molar-refractivity contribution is 5.26.